The largest absolute Gasteiger partial charge is 0.461 e. The van der Waals surface area contributed by atoms with E-state index in [0.29, 0.717) is 12.4 Å². The van der Waals surface area contributed by atoms with Gasteiger partial charge in [0.1, 0.15) is 12.3 Å². The van der Waals surface area contributed by atoms with Gasteiger partial charge in [-0.15, -0.1) is 0 Å². The molecule has 3 atom stereocenters. The van der Waals surface area contributed by atoms with Gasteiger partial charge >= 0.3 is 11.8 Å². The lowest BCUT2D eigenvalue weighted by molar-refractivity contribution is -0.389. The van der Waals surface area contributed by atoms with E-state index in [1.807, 2.05) is 0 Å². The number of nitrogens with zero attached hydrogens (tertiary/aromatic N) is 3. The number of fused-ring (bicyclic) bond motifs is 1. The zero-order valence-corrected chi connectivity index (χ0v) is 14.2. The van der Waals surface area contributed by atoms with Crippen molar-refractivity contribution in [2.45, 2.75) is 58.8 Å². The Kier molecular flexibility index (Phi) is 4.33. The molecule has 1 saturated heterocycles. The molecule has 2 fully saturated rings. The summed E-state index contributed by atoms with van der Waals surface area (Å²) in [7, 11) is 0. The second-order valence-electron chi connectivity index (χ2n) is 7.18. The number of hydrogen-bond acceptors (Lipinski definition) is 6. The predicted octanol–water partition coefficient (Wildman–Crippen LogP) is 2.24. The third-order valence-corrected chi connectivity index (χ3v) is 5.19. The van der Waals surface area contributed by atoms with Gasteiger partial charge in [0.05, 0.1) is 12.5 Å². The number of hydrogen-bond donors (Lipinski definition) is 0. The maximum absolute atomic E-state index is 12.2. The normalized spacial score (nSPS) is 27.9. The molecule has 0 spiro atoms. The minimum Gasteiger partial charge on any atom is -0.461 e. The van der Waals surface area contributed by atoms with E-state index in [1.54, 1.807) is 11.5 Å². The Morgan fingerprint density at radius 3 is 3.00 bits per heavy atom. The van der Waals surface area contributed by atoms with Crippen LogP contribution in [-0.4, -0.2) is 39.3 Å². The molecule has 0 N–H and O–H groups in total. The molecule has 2 aliphatic rings. The Hall–Kier alpha value is -1.96. The zero-order chi connectivity index (χ0) is 17.5. The lowest BCUT2D eigenvalue weighted by atomic mass is 9.57. The van der Waals surface area contributed by atoms with Gasteiger partial charge in [0.25, 0.3) is 0 Å². The van der Waals surface area contributed by atoms with Crippen molar-refractivity contribution in [3.63, 3.8) is 0 Å². The molecule has 24 heavy (non-hydrogen) atoms. The van der Waals surface area contributed by atoms with Crippen LogP contribution in [0.1, 0.15) is 38.9 Å². The number of imidazole rings is 1. The molecule has 132 valence electrons. The molecule has 8 nitrogen and oxygen atoms in total. The highest BCUT2D eigenvalue weighted by Gasteiger charge is 2.60. The van der Waals surface area contributed by atoms with Gasteiger partial charge in [0.2, 0.25) is 5.82 Å². The molecular formula is C16H23N3O5. The molecule has 0 unspecified atom stereocenters. The molecule has 1 aliphatic carbocycles. The Labute approximate surface area is 140 Å². The van der Waals surface area contributed by atoms with Crippen LogP contribution in [0, 0.1) is 28.4 Å². The summed E-state index contributed by atoms with van der Waals surface area (Å²) in [5.74, 6) is 0.309. The maximum atomic E-state index is 12.2. The summed E-state index contributed by atoms with van der Waals surface area (Å²) in [4.78, 5) is 26.2. The van der Waals surface area contributed by atoms with Crippen molar-refractivity contribution in [1.82, 2.24) is 9.55 Å². The Morgan fingerprint density at radius 1 is 1.58 bits per heavy atom. The van der Waals surface area contributed by atoms with Gasteiger partial charge in [-0.05, 0) is 22.7 Å². The molecule has 1 aromatic heterocycles. The number of ether oxygens (including phenoxy) is 2. The summed E-state index contributed by atoms with van der Waals surface area (Å²) in [5, 5.41) is 10.7. The SMILES string of the molecule is Cc1nc([N+](=O)[O-])cn1CCC(=O)O[C@@H]1[C@@H]2CCCO[C@H]2C1(C)C. The molecule has 1 aliphatic heterocycles. The van der Waals surface area contributed by atoms with Crippen LogP contribution in [0.25, 0.3) is 0 Å². The van der Waals surface area contributed by atoms with E-state index in [0.717, 1.165) is 19.4 Å². The summed E-state index contributed by atoms with van der Waals surface area (Å²) < 4.78 is 13.1. The molecule has 8 heteroatoms. The fourth-order valence-electron chi connectivity index (χ4n) is 3.93. The molecule has 2 heterocycles. The number of carbonyl (C=O) groups is 1. The first kappa shape index (κ1) is 16.9. The van der Waals surface area contributed by atoms with Crippen LogP contribution in [-0.2, 0) is 20.8 Å². The maximum Gasteiger partial charge on any atom is 0.381 e. The third-order valence-electron chi connectivity index (χ3n) is 5.19. The first-order valence-corrected chi connectivity index (χ1v) is 8.30. The summed E-state index contributed by atoms with van der Waals surface area (Å²) in [6, 6.07) is 0. The second-order valence-corrected chi connectivity index (χ2v) is 7.18. The Balaban J connectivity index is 1.55. The van der Waals surface area contributed by atoms with Crippen LogP contribution in [0.5, 0.6) is 0 Å². The topological polar surface area (TPSA) is 96.5 Å². The summed E-state index contributed by atoms with van der Waals surface area (Å²) >= 11 is 0. The van der Waals surface area contributed by atoms with E-state index in [-0.39, 0.29) is 41.7 Å². The highest BCUT2D eigenvalue weighted by molar-refractivity contribution is 5.69. The van der Waals surface area contributed by atoms with Crippen LogP contribution in [0.15, 0.2) is 6.20 Å². The number of nitro groups is 1. The van der Waals surface area contributed by atoms with Crippen LogP contribution < -0.4 is 0 Å². The van der Waals surface area contributed by atoms with E-state index < -0.39 is 4.92 Å². The van der Waals surface area contributed by atoms with Gasteiger partial charge < -0.3 is 24.2 Å². The summed E-state index contributed by atoms with van der Waals surface area (Å²) in [6.45, 7) is 6.92. The average molecular weight is 337 g/mol. The summed E-state index contributed by atoms with van der Waals surface area (Å²) in [5.41, 5.74) is -0.162. The van der Waals surface area contributed by atoms with E-state index in [9.17, 15) is 14.9 Å². The molecule has 1 aromatic rings. The van der Waals surface area contributed by atoms with Crippen LogP contribution in [0.3, 0.4) is 0 Å². The molecule has 0 bridgehead atoms. The highest BCUT2D eigenvalue weighted by atomic mass is 16.6. The number of esters is 1. The average Bonchev–Trinajstić information content (AvgIpc) is 2.92. The first-order valence-electron chi connectivity index (χ1n) is 8.30. The van der Waals surface area contributed by atoms with Crippen molar-refractivity contribution in [1.29, 1.82) is 0 Å². The minimum absolute atomic E-state index is 0.117. The van der Waals surface area contributed by atoms with Gasteiger partial charge in [-0.3, -0.25) is 4.79 Å². The Morgan fingerprint density at radius 2 is 2.33 bits per heavy atom. The quantitative estimate of drug-likeness (QED) is 0.464. The second kappa shape index (κ2) is 6.16. The van der Waals surface area contributed by atoms with Crippen molar-refractivity contribution in [2.75, 3.05) is 6.61 Å². The van der Waals surface area contributed by atoms with E-state index in [4.69, 9.17) is 9.47 Å². The lowest BCUT2D eigenvalue weighted by Crippen LogP contribution is -2.65. The van der Waals surface area contributed by atoms with Gasteiger partial charge in [-0.1, -0.05) is 13.8 Å². The van der Waals surface area contributed by atoms with Gasteiger partial charge in [0.15, 0.2) is 0 Å². The smallest absolute Gasteiger partial charge is 0.381 e. The third kappa shape index (κ3) is 2.90. The highest BCUT2D eigenvalue weighted by Crippen LogP contribution is 2.53. The number of aryl methyl sites for hydroxylation is 2. The van der Waals surface area contributed by atoms with Gasteiger partial charge in [-0.25, -0.2) is 0 Å². The number of rotatable bonds is 5. The van der Waals surface area contributed by atoms with E-state index >= 15 is 0 Å². The van der Waals surface area contributed by atoms with Crippen LogP contribution in [0.4, 0.5) is 5.82 Å². The molecule has 1 saturated carbocycles. The number of carbonyl (C=O) groups excluding carboxylic acids is 1. The minimum atomic E-state index is -0.540. The van der Waals surface area contributed by atoms with Crippen molar-refractivity contribution in [3.8, 4) is 0 Å². The molecular weight excluding hydrogens is 314 g/mol. The van der Waals surface area contributed by atoms with E-state index in [1.165, 1.54) is 6.20 Å². The van der Waals surface area contributed by atoms with Crippen molar-refractivity contribution in [2.24, 2.45) is 11.3 Å². The van der Waals surface area contributed by atoms with Crippen molar-refractivity contribution in [3.05, 3.63) is 22.1 Å². The number of aromatic nitrogens is 2. The van der Waals surface area contributed by atoms with Crippen molar-refractivity contribution < 1.29 is 19.2 Å². The van der Waals surface area contributed by atoms with Crippen molar-refractivity contribution >= 4 is 11.8 Å². The summed E-state index contributed by atoms with van der Waals surface area (Å²) in [6.07, 6.45) is 3.60. The zero-order valence-electron chi connectivity index (χ0n) is 14.2. The molecule has 0 aromatic carbocycles. The van der Waals surface area contributed by atoms with Gasteiger partial charge in [0, 0.05) is 31.4 Å². The molecule has 0 radical (unpaired) electrons. The van der Waals surface area contributed by atoms with Crippen LogP contribution in [0.2, 0.25) is 0 Å². The molecule has 3 rings (SSSR count). The monoisotopic (exact) mass is 337 g/mol. The Bertz CT molecular complexity index is 654. The van der Waals surface area contributed by atoms with Gasteiger partial charge in [-0.2, -0.15) is 0 Å². The standard InChI is InChI=1S/C16H23N3O5/c1-10-17-12(19(21)22)9-18(10)7-6-13(20)24-15-11-5-4-8-23-14(11)16(15,2)3/h9,11,14-15H,4-8H2,1-3H3/t11-,14-,15-/m1/s1. The van der Waals surface area contributed by atoms with Crippen LogP contribution >= 0.6 is 0 Å². The fourth-order valence-corrected chi connectivity index (χ4v) is 3.93. The first-order chi connectivity index (χ1) is 11.3. The molecule has 0 amide bonds. The predicted molar refractivity (Wildman–Crippen MR) is 84.4 cm³/mol. The fraction of sp³-hybridized carbons (Fsp3) is 0.750. The lowest BCUT2D eigenvalue weighted by Gasteiger charge is -2.58. The van der Waals surface area contributed by atoms with E-state index in [2.05, 4.69) is 18.8 Å².